The van der Waals surface area contributed by atoms with Gasteiger partial charge in [-0.25, -0.2) is 5.26 Å². The van der Waals surface area contributed by atoms with Gasteiger partial charge in [0, 0.05) is 32.3 Å². The molecule has 238 valence electrons. The minimum atomic E-state index is -4.70. The molecule has 0 aliphatic carbocycles. The van der Waals surface area contributed by atoms with Crippen LogP contribution in [0.5, 0.6) is 0 Å². The number of aromatic nitrogens is 2. The summed E-state index contributed by atoms with van der Waals surface area (Å²) in [6, 6.07) is 12.0. The van der Waals surface area contributed by atoms with Crippen molar-refractivity contribution < 1.29 is 40.2 Å². The predicted molar refractivity (Wildman–Crippen MR) is 172 cm³/mol. The van der Waals surface area contributed by atoms with Crippen LogP contribution in [0.3, 0.4) is 0 Å². The van der Waals surface area contributed by atoms with E-state index < -0.39 is 47.3 Å². The van der Waals surface area contributed by atoms with Crippen molar-refractivity contribution in [3.63, 3.8) is 0 Å². The van der Waals surface area contributed by atoms with Gasteiger partial charge < -0.3 is 9.97 Å². The van der Waals surface area contributed by atoms with E-state index in [1.54, 1.807) is 12.1 Å². The number of H-pyrrole nitrogens is 2. The molecule has 15 nitrogen and oxygen atoms in total. The first-order chi connectivity index (χ1) is 22.2. The first-order valence-corrected chi connectivity index (χ1v) is 16.2. The third-order valence-electron chi connectivity index (χ3n) is 7.36. The minimum Gasteiger partial charge on any atom is -0.350 e. The van der Waals surface area contributed by atoms with Crippen LogP contribution in [0, 0.1) is 0 Å². The largest absolute Gasteiger partial charge is 0.425 e. The predicted octanol–water partition coefficient (Wildman–Crippen LogP) is 3.46. The zero-order chi connectivity index (χ0) is 33.9. The fraction of sp³-hybridized carbons (Fsp3) is 0. The number of benzene rings is 6. The standard InChI is InChI=1S/C28H13ClN2O10S2.O3S/c29-17-8-15-19(27(34)12-4-2-1-3-11(12)25(15)32)23-21(17)30-24-20-16(9-18(22(24)31-23)42-41-40-36)26(33)13-6-5-10(43(37,38)39)7-14(13)28(20)35;1-4(2)3/h1-9,30-31,36H,(H,37,38,39);. The maximum atomic E-state index is 13.9. The highest BCUT2D eigenvalue weighted by Crippen LogP contribution is 2.36. The van der Waals surface area contributed by atoms with E-state index in [1.165, 1.54) is 24.3 Å². The average molecular weight is 717 g/mol. The van der Waals surface area contributed by atoms with Crippen molar-refractivity contribution in [2.75, 3.05) is 0 Å². The van der Waals surface area contributed by atoms with Crippen molar-refractivity contribution in [1.29, 1.82) is 0 Å². The SMILES string of the molecule is O=S(=O)=O.O=c1c2ccccc2c(=O)c2c1cc(Cl)c1[nH]c3c([nH]c12)c(SOOO)cc1c(=O)c2ccc(S(=O)(=O)O)cc2c(=O)c13. The first kappa shape index (κ1) is 32.2. The van der Waals surface area contributed by atoms with Crippen molar-refractivity contribution in [3.8, 4) is 0 Å². The Labute approximate surface area is 269 Å². The smallest absolute Gasteiger partial charge is 0.350 e. The Morgan fingerprint density at radius 2 is 1.19 bits per heavy atom. The van der Waals surface area contributed by atoms with Crippen LogP contribution in [0.1, 0.15) is 0 Å². The highest BCUT2D eigenvalue weighted by Gasteiger charge is 2.22. The number of fused-ring (bicyclic) bond motifs is 8. The molecule has 4 N–H and O–H groups in total. The van der Waals surface area contributed by atoms with Crippen LogP contribution in [-0.4, -0.2) is 40.8 Å². The maximum Gasteiger partial charge on any atom is 0.425 e. The van der Waals surface area contributed by atoms with Gasteiger partial charge in [0.15, 0.2) is 21.7 Å². The molecule has 6 aromatic carbocycles. The normalized spacial score (nSPS) is 11.9. The Bertz CT molecular complexity index is 2980. The number of aromatic amines is 2. The molecule has 7 aromatic rings. The molecule has 1 heterocycles. The number of hydrogen-bond donors (Lipinski definition) is 4. The van der Waals surface area contributed by atoms with Gasteiger partial charge in [-0.2, -0.15) is 8.42 Å². The number of hydrogen-bond acceptors (Lipinski definition) is 13. The summed E-state index contributed by atoms with van der Waals surface area (Å²) >= 11 is 7.08. The summed E-state index contributed by atoms with van der Waals surface area (Å²) in [5.41, 5.74) is -1.97. The topological polar surface area (TPSA) is 244 Å². The summed E-state index contributed by atoms with van der Waals surface area (Å²) in [5.74, 6) is 0. The van der Waals surface area contributed by atoms with Gasteiger partial charge in [0.25, 0.3) is 10.1 Å². The van der Waals surface area contributed by atoms with Crippen molar-refractivity contribution in [1.82, 2.24) is 9.97 Å². The zero-order valence-corrected chi connectivity index (χ0v) is 25.9. The summed E-state index contributed by atoms with van der Waals surface area (Å²) in [6.07, 6.45) is 0. The van der Waals surface area contributed by atoms with Crippen molar-refractivity contribution in [2.45, 2.75) is 9.79 Å². The summed E-state index contributed by atoms with van der Waals surface area (Å²) in [5, 5.41) is 12.4. The third kappa shape index (κ3) is 5.31. The van der Waals surface area contributed by atoms with Crippen molar-refractivity contribution in [3.05, 3.63) is 101 Å². The first-order valence-electron chi connectivity index (χ1n) is 12.7. The van der Waals surface area contributed by atoms with Crippen LogP contribution < -0.4 is 21.7 Å². The Hall–Kier alpha value is -4.79. The quantitative estimate of drug-likeness (QED) is 0.0509. The fourth-order valence-electron chi connectivity index (χ4n) is 5.51. The molecule has 0 radical (unpaired) electrons. The number of nitrogens with one attached hydrogen (secondary N) is 2. The summed E-state index contributed by atoms with van der Waals surface area (Å²) in [6.45, 7) is 0. The lowest BCUT2D eigenvalue weighted by molar-refractivity contribution is -0.432. The van der Waals surface area contributed by atoms with Crippen molar-refractivity contribution in [2.24, 2.45) is 0 Å². The molecule has 0 spiro atoms. The van der Waals surface area contributed by atoms with Crippen LogP contribution >= 0.6 is 23.6 Å². The molecule has 7 rings (SSSR count). The van der Waals surface area contributed by atoms with E-state index >= 15 is 0 Å². The van der Waals surface area contributed by atoms with E-state index in [-0.39, 0.29) is 75.1 Å². The molecule has 0 aliphatic heterocycles. The van der Waals surface area contributed by atoms with Gasteiger partial charge in [-0.15, -0.1) is 17.0 Å². The highest BCUT2D eigenvalue weighted by atomic mass is 35.5. The van der Waals surface area contributed by atoms with Gasteiger partial charge in [-0.3, -0.25) is 23.7 Å². The van der Waals surface area contributed by atoms with Crippen LogP contribution in [-0.2, 0) is 30.1 Å². The second kappa shape index (κ2) is 11.8. The van der Waals surface area contributed by atoms with Crippen LogP contribution in [0.15, 0.2) is 83.6 Å². The Balaban J connectivity index is 0.000000915. The molecule has 0 bridgehead atoms. The second-order valence-electron chi connectivity index (χ2n) is 9.80. The van der Waals surface area contributed by atoms with E-state index in [4.69, 9.17) is 29.5 Å². The Morgan fingerprint density at radius 3 is 1.79 bits per heavy atom. The van der Waals surface area contributed by atoms with E-state index in [1.807, 2.05) is 0 Å². The second-order valence-corrected chi connectivity index (χ2v) is 12.8. The number of rotatable bonds is 4. The summed E-state index contributed by atoms with van der Waals surface area (Å²) in [4.78, 5) is 60.1. The van der Waals surface area contributed by atoms with Gasteiger partial charge >= 0.3 is 10.6 Å². The van der Waals surface area contributed by atoms with Gasteiger partial charge in [0.1, 0.15) is 0 Å². The van der Waals surface area contributed by atoms with Crippen LogP contribution in [0.4, 0.5) is 0 Å². The van der Waals surface area contributed by atoms with E-state index in [0.717, 1.165) is 18.2 Å². The van der Waals surface area contributed by atoms with Crippen LogP contribution in [0.2, 0.25) is 5.02 Å². The Morgan fingerprint density at radius 1 is 0.681 bits per heavy atom. The van der Waals surface area contributed by atoms with E-state index in [2.05, 4.69) is 19.3 Å². The van der Waals surface area contributed by atoms with Crippen molar-refractivity contribution >= 4 is 110 Å². The van der Waals surface area contributed by atoms with Gasteiger partial charge in [-0.1, -0.05) is 40.9 Å². The summed E-state index contributed by atoms with van der Waals surface area (Å²) < 4.78 is 63.0. The third-order valence-corrected chi connectivity index (χ3v) is 9.14. The molecule has 0 aliphatic rings. The van der Waals surface area contributed by atoms with Gasteiger partial charge in [0.2, 0.25) is 0 Å². The highest BCUT2D eigenvalue weighted by molar-refractivity contribution is 7.94. The molecule has 0 atom stereocenters. The van der Waals surface area contributed by atoms with E-state index in [0.29, 0.717) is 12.0 Å². The average Bonchev–Trinajstić information content (AvgIpc) is 3.03. The molecule has 0 saturated carbocycles. The lowest BCUT2D eigenvalue weighted by atomic mass is 9.99. The lowest BCUT2D eigenvalue weighted by Crippen LogP contribution is -2.16. The van der Waals surface area contributed by atoms with Crippen LogP contribution in [0.25, 0.3) is 65.2 Å². The van der Waals surface area contributed by atoms with E-state index in [9.17, 15) is 32.1 Å². The molecular formula is C28H13ClN2O13S3. The Kier molecular flexibility index (Phi) is 8.06. The molecule has 0 fully saturated rings. The molecule has 1 aromatic heterocycles. The fourth-order valence-corrected chi connectivity index (χ4v) is 6.77. The maximum absolute atomic E-state index is 13.9. The minimum absolute atomic E-state index is 0.00661. The zero-order valence-electron chi connectivity index (χ0n) is 22.7. The summed E-state index contributed by atoms with van der Waals surface area (Å²) in [7, 11) is -7.81. The lowest BCUT2D eigenvalue weighted by Gasteiger charge is -2.14. The molecule has 0 unspecified atom stereocenters. The van der Waals surface area contributed by atoms with Gasteiger partial charge in [-0.05, 0) is 30.3 Å². The molecule has 19 heteroatoms. The molecular weight excluding hydrogens is 704 g/mol. The number of halogens is 1. The monoisotopic (exact) mass is 716 g/mol. The molecule has 0 saturated heterocycles. The molecule has 0 amide bonds. The van der Waals surface area contributed by atoms with Gasteiger partial charge in [0.05, 0.1) is 59.7 Å². The molecule has 47 heavy (non-hydrogen) atoms.